The van der Waals surface area contributed by atoms with E-state index in [1.807, 2.05) is 44.2 Å². The fourth-order valence-corrected chi connectivity index (χ4v) is 4.77. The lowest BCUT2D eigenvalue weighted by molar-refractivity contribution is 0.0935. The molecule has 0 aliphatic carbocycles. The molecule has 7 heteroatoms. The van der Waals surface area contributed by atoms with Crippen molar-refractivity contribution in [3.8, 4) is 0 Å². The zero-order chi connectivity index (χ0) is 22.0. The Labute approximate surface area is 181 Å². The van der Waals surface area contributed by atoms with Gasteiger partial charge >= 0.3 is 0 Å². The second kappa shape index (κ2) is 8.35. The summed E-state index contributed by atoms with van der Waals surface area (Å²) in [4.78, 5) is 17.3. The quantitative estimate of drug-likeness (QED) is 0.487. The van der Waals surface area contributed by atoms with E-state index >= 15 is 0 Å². The predicted molar refractivity (Wildman–Crippen MR) is 120 cm³/mol. The zero-order valence-electron chi connectivity index (χ0n) is 17.3. The molecule has 158 valence electrons. The molecule has 0 aliphatic rings. The maximum absolute atomic E-state index is 13.1. The molecule has 0 bridgehead atoms. The largest absolute Gasteiger partial charge is 0.345 e. The van der Waals surface area contributed by atoms with Gasteiger partial charge in [-0.15, -0.1) is 0 Å². The predicted octanol–water partition coefficient (Wildman–Crippen LogP) is 4.46. The molecule has 0 saturated heterocycles. The second-order valence-corrected chi connectivity index (χ2v) is 9.22. The molecule has 0 radical (unpaired) electrons. The Hall–Kier alpha value is -3.45. The molecule has 0 spiro atoms. The number of carbonyl (C=O) groups excluding carboxylic acids is 1. The average molecular weight is 434 g/mol. The highest BCUT2D eigenvalue weighted by Crippen LogP contribution is 2.23. The minimum atomic E-state index is -3.83. The summed E-state index contributed by atoms with van der Waals surface area (Å²) in [6.45, 7) is 3.90. The highest BCUT2D eigenvalue weighted by atomic mass is 32.2. The molecule has 1 unspecified atom stereocenters. The van der Waals surface area contributed by atoms with Gasteiger partial charge in [0.1, 0.15) is 6.33 Å². The standard InChI is InChI=1S/C24H23N3O3S/c1-3-21(18-7-5-4-6-8-18)26-24(28)19-11-14-22-23(15-19)27(16-25-22)31(29,30)20-12-9-17(2)10-13-20/h4-16,21H,3H2,1-2H3,(H,26,28). The van der Waals surface area contributed by atoms with Gasteiger partial charge in [-0.3, -0.25) is 4.79 Å². The number of aryl methyl sites for hydroxylation is 1. The fourth-order valence-electron chi connectivity index (χ4n) is 3.49. The van der Waals surface area contributed by atoms with Crippen LogP contribution < -0.4 is 5.32 Å². The third-order valence-corrected chi connectivity index (χ3v) is 6.95. The number of nitrogens with zero attached hydrogens (tertiary/aromatic N) is 2. The molecule has 1 amide bonds. The van der Waals surface area contributed by atoms with Crippen LogP contribution >= 0.6 is 0 Å². The summed E-state index contributed by atoms with van der Waals surface area (Å²) in [5.41, 5.74) is 3.23. The van der Waals surface area contributed by atoms with Crippen LogP contribution in [-0.2, 0) is 10.0 Å². The van der Waals surface area contributed by atoms with Crippen LogP contribution in [-0.4, -0.2) is 23.3 Å². The number of nitrogens with one attached hydrogen (secondary N) is 1. The first-order valence-corrected chi connectivity index (χ1v) is 11.5. The molecule has 0 fully saturated rings. The Morgan fingerprint density at radius 1 is 1.03 bits per heavy atom. The average Bonchev–Trinajstić information content (AvgIpc) is 3.22. The minimum Gasteiger partial charge on any atom is -0.345 e. The first kappa shape index (κ1) is 20.8. The Morgan fingerprint density at radius 3 is 2.42 bits per heavy atom. The van der Waals surface area contributed by atoms with Crippen LogP contribution in [0.2, 0.25) is 0 Å². The number of hydrogen-bond acceptors (Lipinski definition) is 4. The molecule has 0 aliphatic heterocycles. The summed E-state index contributed by atoms with van der Waals surface area (Å²) in [5, 5.41) is 3.03. The van der Waals surface area contributed by atoms with Crippen LogP contribution in [0.25, 0.3) is 11.0 Å². The highest BCUT2D eigenvalue weighted by molar-refractivity contribution is 7.90. The first-order chi connectivity index (χ1) is 14.9. The van der Waals surface area contributed by atoms with Gasteiger partial charge in [-0.05, 0) is 49.2 Å². The summed E-state index contributed by atoms with van der Waals surface area (Å²) >= 11 is 0. The van der Waals surface area contributed by atoms with Crippen molar-refractivity contribution in [3.05, 3.63) is 95.8 Å². The van der Waals surface area contributed by atoms with Crippen LogP contribution in [0, 0.1) is 6.92 Å². The number of aromatic nitrogens is 2. The van der Waals surface area contributed by atoms with Crippen LogP contribution in [0.3, 0.4) is 0 Å². The lowest BCUT2D eigenvalue weighted by atomic mass is 10.0. The summed E-state index contributed by atoms with van der Waals surface area (Å²) in [6, 6.07) is 21.1. The highest BCUT2D eigenvalue weighted by Gasteiger charge is 2.21. The van der Waals surface area contributed by atoms with Crippen molar-refractivity contribution in [3.63, 3.8) is 0 Å². The molecule has 31 heavy (non-hydrogen) atoms. The maximum Gasteiger partial charge on any atom is 0.269 e. The number of imidazole rings is 1. The monoisotopic (exact) mass is 433 g/mol. The Morgan fingerprint density at radius 2 is 1.74 bits per heavy atom. The topological polar surface area (TPSA) is 81.1 Å². The first-order valence-electron chi connectivity index (χ1n) is 10.1. The van der Waals surface area contributed by atoms with Crippen LogP contribution in [0.4, 0.5) is 0 Å². The van der Waals surface area contributed by atoms with Crippen LogP contribution in [0.15, 0.2) is 84.0 Å². The van der Waals surface area contributed by atoms with Crippen molar-refractivity contribution in [1.82, 2.24) is 14.3 Å². The normalized spacial score (nSPS) is 12.6. The molecule has 4 rings (SSSR count). The zero-order valence-corrected chi connectivity index (χ0v) is 18.1. The van der Waals surface area contributed by atoms with Gasteiger partial charge in [-0.25, -0.2) is 17.4 Å². The molecule has 0 saturated carbocycles. The molecule has 4 aromatic rings. The molecule has 1 heterocycles. The van der Waals surface area contributed by atoms with E-state index in [0.717, 1.165) is 21.5 Å². The van der Waals surface area contributed by atoms with Crippen molar-refractivity contribution in [2.45, 2.75) is 31.2 Å². The van der Waals surface area contributed by atoms with E-state index in [0.29, 0.717) is 16.6 Å². The summed E-state index contributed by atoms with van der Waals surface area (Å²) < 4.78 is 27.4. The van der Waals surface area contributed by atoms with Crippen LogP contribution in [0.5, 0.6) is 0 Å². The lowest BCUT2D eigenvalue weighted by Gasteiger charge is -2.17. The number of amides is 1. The Balaban J connectivity index is 1.68. The van der Waals surface area contributed by atoms with E-state index in [-0.39, 0.29) is 16.8 Å². The third kappa shape index (κ3) is 4.09. The third-order valence-electron chi connectivity index (χ3n) is 5.27. The number of benzene rings is 3. The molecule has 3 aromatic carbocycles. The molecular weight excluding hydrogens is 410 g/mol. The molecule has 1 N–H and O–H groups in total. The van der Waals surface area contributed by atoms with E-state index in [1.54, 1.807) is 42.5 Å². The smallest absolute Gasteiger partial charge is 0.269 e. The van der Waals surface area contributed by atoms with E-state index in [2.05, 4.69) is 10.3 Å². The molecule has 6 nitrogen and oxygen atoms in total. The van der Waals surface area contributed by atoms with Crippen molar-refractivity contribution < 1.29 is 13.2 Å². The van der Waals surface area contributed by atoms with Gasteiger partial charge < -0.3 is 5.32 Å². The SMILES string of the molecule is CCC(NC(=O)c1ccc2ncn(S(=O)(=O)c3ccc(C)cc3)c2c1)c1ccccc1. The van der Waals surface area contributed by atoms with Gasteiger partial charge in [0.05, 0.1) is 22.0 Å². The summed E-state index contributed by atoms with van der Waals surface area (Å²) in [6.07, 6.45) is 2.01. The number of carbonyl (C=O) groups is 1. The van der Waals surface area contributed by atoms with Crippen molar-refractivity contribution in [2.24, 2.45) is 0 Å². The number of rotatable bonds is 6. The number of hydrogen-bond donors (Lipinski definition) is 1. The van der Waals surface area contributed by atoms with E-state index in [9.17, 15) is 13.2 Å². The maximum atomic E-state index is 13.1. The van der Waals surface area contributed by atoms with Gasteiger partial charge in [0.15, 0.2) is 0 Å². The van der Waals surface area contributed by atoms with Crippen LogP contribution in [0.1, 0.15) is 40.9 Å². The fraction of sp³-hybridized carbons (Fsp3) is 0.167. The van der Waals surface area contributed by atoms with E-state index < -0.39 is 10.0 Å². The second-order valence-electron chi connectivity index (χ2n) is 7.41. The number of fused-ring (bicyclic) bond motifs is 1. The van der Waals surface area contributed by atoms with Gasteiger partial charge in [0, 0.05) is 5.56 Å². The lowest BCUT2D eigenvalue weighted by Crippen LogP contribution is -2.28. The van der Waals surface area contributed by atoms with Crippen molar-refractivity contribution in [2.75, 3.05) is 0 Å². The minimum absolute atomic E-state index is 0.134. The van der Waals surface area contributed by atoms with Crippen molar-refractivity contribution >= 4 is 27.0 Å². The molecule has 1 aromatic heterocycles. The van der Waals surface area contributed by atoms with Gasteiger partial charge in [-0.2, -0.15) is 0 Å². The summed E-state index contributed by atoms with van der Waals surface area (Å²) in [7, 11) is -3.83. The van der Waals surface area contributed by atoms with Crippen molar-refractivity contribution in [1.29, 1.82) is 0 Å². The molecule has 1 atom stereocenters. The van der Waals surface area contributed by atoms with Gasteiger partial charge in [0.2, 0.25) is 0 Å². The Kier molecular flexibility index (Phi) is 5.61. The van der Waals surface area contributed by atoms with Gasteiger partial charge in [-0.1, -0.05) is 55.0 Å². The summed E-state index contributed by atoms with van der Waals surface area (Å²) in [5.74, 6) is -0.266. The van der Waals surface area contributed by atoms with Gasteiger partial charge in [0.25, 0.3) is 15.9 Å². The molecular formula is C24H23N3O3S. The van der Waals surface area contributed by atoms with E-state index in [4.69, 9.17) is 0 Å². The Bertz CT molecular complexity index is 1330. The van der Waals surface area contributed by atoms with E-state index in [1.165, 1.54) is 6.33 Å².